The van der Waals surface area contributed by atoms with Crippen LogP contribution in [0.4, 0.5) is 0 Å². The summed E-state index contributed by atoms with van der Waals surface area (Å²) in [7, 11) is 0. The van der Waals surface area contributed by atoms with E-state index in [1.165, 1.54) is 6.26 Å². The van der Waals surface area contributed by atoms with Gasteiger partial charge in [-0.2, -0.15) is 0 Å². The van der Waals surface area contributed by atoms with Gasteiger partial charge in [-0.15, -0.1) is 0 Å². The lowest BCUT2D eigenvalue weighted by Gasteiger charge is -2.22. The minimum atomic E-state index is -0.502. The van der Waals surface area contributed by atoms with E-state index in [9.17, 15) is 9.59 Å². The summed E-state index contributed by atoms with van der Waals surface area (Å²) in [5, 5.41) is 0. The van der Waals surface area contributed by atoms with Gasteiger partial charge in [0.1, 0.15) is 0 Å². The molecule has 128 valence electrons. The summed E-state index contributed by atoms with van der Waals surface area (Å²) in [6.45, 7) is 0. The molecule has 0 amide bonds. The molecule has 1 heterocycles. The molecule has 2 aromatic carbocycles. The number of benzene rings is 2. The average Bonchev–Trinajstić information content (AvgIpc) is 3.38. The third kappa shape index (κ3) is 2.93. The first-order valence-electron chi connectivity index (χ1n) is 8.68. The Hall–Kier alpha value is -3.20. The first kappa shape index (κ1) is 16.3. The van der Waals surface area contributed by atoms with Crippen molar-refractivity contribution in [2.45, 2.75) is 12.3 Å². The fourth-order valence-electron chi connectivity index (χ4n) is 3.65. The Morgan fingerprint density at radius 1 is 0.846 bits per heavy atom. The van der Waals surface area contributed by atoms with E-state index in [1.54, 1.807) is 24.3 Å². The first-order valence-corrected chi connectivity index (χ1v) is 8.68. The molecule has 0 bridgehead atoms. The van der Waals surface area contributed by atoms with Gasteiger partial charge in [0.05, 0.1) is 12.2 Å². The number of ketones is 2. The van der Waals surface area contributed by atoms with Crippen LogP contribution in [0.25, 0.3) is 0 Å². The van der Waals surface area contributed by atoms with E-state index in [2.05, 4.69) is 0 Å². The molecule has 0 fully saturated rings. The molecule has 0 saturated heterocycles. The monoisotopic (exact) mass is 342 g/mol. The quantitative estimate of drug-likeness (QED) is 0.608. The average molecular weight is 342 g/mol. The molecule has 0 aliphatic heterocycles. The molecule has 1 aliphatic carbocycles. The smallest absolute Gasteiger partial charge is 0.224 e. The number of allylic oxidation sites excluding steroid dienone is 2. The minimum Gasteiger partial charge on any atom is -0.461 e. The van der Waals surface area contributed by atoms with Gasteiger partial charge in [0.15, 0.2) is 11.5 Å². The van der Waals surface area contributed by atoms with Gasteiger partial charge in [-0.3, -0.25) is 9.59 Å². The summed E-state index contributed by atoms with van der Waals surface area (Å²) in [4.78, 5) is 26.2. The second-order valence-corrected chi connectivity index (χ2v) is 6.43. The number of carbonyl (C=O) groups excluding carboxylic acids is 2. The van der Waals surface area contributed by atoms with Crippen molar-refractivity contribution >= 4 is 11.6 Å². The maximum atomic E-state index is 13.3. The van der Waals surface area contributed by atoms with Gasteiger partial charge in [-0.1, -0.05) is 66.7 Å². The largest absolute Gasteiger partial charge is 0.461 e. The van der Waals surface area contributed by atoms with Gasteiger partial charge in [-0.25, -0.2) is 0 Å². The number of Topliss-reactive ketones (excluding diaryl/α,β-unsaturated/α-hetero) is 2. The van der Waals surface area contributed by atoms with E-state index >= 15 is 0 Å². The number of hydrogen-bond donors (Lipinski definition) is 0. The zero-order valence-electron chi connectivity index (χ0n) is 14.2. The Morgan fingerprint density at radius 2 is 1.54 bits per heavy atom. The standard InChI is InChI=1S/C23H18O3/c24-22(17-10-5-2-6-11-17)21-18(16-8-3-1-4-9-16)13-14-19(21)23(25)20-12-7-15-26-20/h1-12,14-15,18,21H,13H2/t18-,21-/m1/s1. The van der Waals surface area contributed by atoms with Crippen molar-refractivity contribution < 1.29 is 14.0 Å². The normalized spacial score (nSPS) is 19.2. The molecule has 0 saturated carbocycles. The molecule has 1 aromatic heterocycles. The predicted molar refractivity (Wildman–Crippen MR) is 99.2 cm³/mol. The number of rotatable bonds is 5. The molecule has 0 radical (unpaired) electrons. The van der Waals surface area contributed by atoms with E-state index in [-0.39, 0.29) is 23.2 Å². The van der Waals surface area contributed by atoms with Crippen LogP contribution in [0.15, 0.2) is 95.1 Å². The van der Waals surface area contributed by atoms with E-state index in [1.807, 2.05) is 54.6 Å². The fourth-order valence-corrected chi connectivity index (χ4v) is 3.65. The van der Waals surface area contributed by atoms with Crippen molar-refractivity contribution in [1.29, 1.82) is 0 Å². The summed E-state index contributed by atoms with van der Waals surface area (Å²) >= 11 is 0. The van der Waals surface area contributed by atoms with Gasteiger partial charge in [0.25, 0.3) is 0 Å². The SMILES string of the molecule is O=C(C1=CC[C@H](c2ccccc2)[C@H]1C(=O)c1ccccc1)c1ccco1. The topological polar surface area (TPSA) is 47.3 Å². The van der Waals surface area contributed by atoms with Gasteiger partial charge in [-0.05, 0) is 24.1 Å². The fraction of sp³-hybridized carbons (Fsp3) is 0.130. The van der Waals surface area contributed by atoms with Crippen LogP contribution in [0.3, 0.4) is 0 Å². The van der Waals surface area contributed by atoms with Gasteiger partial charge >= 0.3 is 0 Å². The lowest BCUT2D eigenvalue weighted by atomic mass is 9.79. The molecule has 4 rings (SSSR count). The van der Waals surface area contributed by atoms with Crippen LogP contribution in [0.5, 0.6) is 0 Å². The highest BCUT2D eigenvalue weighted by molar-refractivity contribution is 6.14. The van der Waals surface area contributed by atoms with Crippen molar-refractivity contribution in [3.05, 3.63) is 108 Å². The van der Waals surface area contributed by atoms with Gasteiger partial charge in [0, 0.05) is 17.1 Å². The van der Waals surface area contributed by atoms with Crippen molar-refractivity contribution in [2.24, 2.45) is 5.92 Å². The zero-order chi connectivity index (χ0) is 17.9. The Kier molecular flexibility index (Phi) is 4.36. The molecular formula is C23H18O3. The minimum absolute atomic E-state index is 0.0249. The van der Waals surface area contributed by atoms with Crippen LogP contribution in [0.2, 0.25) is 0 Å². The second-order valence-electron chi connectivity index (χ2n) is 6.43. The summed E-state index contributed by atoms with van der Waals surface area (Å²) < 4.78 is 5.28. The summed E-state index contributed by atoms with van der Waals surface area (Å²) in [6, 6.07) is 22.4. The third-order valence-corrected chi connectivity index (χ3v) is 4.90. The molecular weight excluding hydrogens is 324 g/mol. The summed E-state index contributed by atoms with van der Waals surface area (Å²) in [5.74, 6) is -0.503. The zero-order valence-corrected chi connectivity index (χ0v) is 14.2. The van der Waals surface area contributed by atoms with E-state index < -0.39 is 5.92 Å². The van der Waals surface area contributed by atoms with Crippen LogP contribution in [-0.4, -0.2) is 11.6 Å². The highest BCUT2D eigenvalue weighted by atomic mass is 16.3. The summed E-state index contributed by atoms with van der Waals surface area (Å²) in [6.07, 6.45) is 4.04. The number of hydrogen-bond acceptors (Lipinski definition) is 3. The van der Waals surface area contributed by atoms with Crippen LogP contribution < -0.4 is 0 Å². The Morgan fingerprint density at radius 3 is 2.19 bits per heavy atom. The molecule has 26 heavy (non-hydrogen) atoms. The lowest BCUT2D eigenvalue weighted by Crippen LogP contribution is -2.24. The molecule has 3 nitrogen and oxygen atoms in total. The number of carbonyl (C=O) groups is 2. The molecule has 1 aliphatic rings. The molecule has 2 atom stereocenters. The van der Waals surface area contributed by atoms with Gasteiger partial charge in [0.2, 0.25) is 5.78 Å². The second kappa shape index (κ2) is 6.96. The third-order valence-electron chi connectivity index (χ3n) is 4.90. The molecule has 3 aromatic rings. The maximum Gasteiger partial charge on any atom is 0.224 e. The van der Waals surface area contributed by atoms with E-state index in [0.29, 0.717) is 17.6 Å². The maximum absolute atomic E-state index is 13.3. The molecule has 0 N–H and O–H groups in total. The van der Waals surface area contributed by atoms with Crippen molar-refractivity contribution in [3.8, 4) is 0 Å². The predicted octanol–water partition coefficient (Wildman–Crippen LogP) is 5.08. The Labute approximate surface area is 152 Å². The Bertz CT molecular complexity index is 938. The molecule has 0 unspecified atom stereocenters. The Balaban J connectivity index is 1.74. The van der Waals surface area contributed by atoms with Gasteiger partial charge < -0.3 is 4.42 Å². The van der Waals surface area contributed by atoms with E-state index in [0.717, 1.165) is 5.56 Å². The lowest BCUT2D eigenvalue weighted by molar-refractivity contribution is 0.0892. The number of furan rings is 1. The van der Waals surface area contributed by atoms with E-state index in [4.69, 9.17) is 4.42 Å². The van der Waals surface area contributed by atoms with Crippen LogP contribution >= 0.6 is 0 Å². The van der Waals surface area contributed by atoms with Crippen molar-refractivity contribution in [2.75, 3.05) is 0 Å². The molecule has 3 heteroatoms. The van der Waals surface area contributed by atoms with Crippen LogP contribution in [0, 0.1) is 5.92 Å². The first-order chi connectivity index (χ1) is 12.8. The van der Waals surface area contributed by atoms with Crippen LogP contribution in [0.1, 0.15) is 38.8 Å². The van der Waals surface area contributed by atoms with Crippen LogP contribution in [-0.2, 0) is 0 Å². The summed E-state index contributed by atoms with van der Waals surface area (Å²) in [5.41, 5.74) is 2.22. The van der Waals surface area contributed by atoms with Crippen molar-refractivity contribution in [1.82, 2.24) is 0 Å². The highest BCUT2D eigenvalue weighted by Crippen LogP contribution is 2.42. The highest BCUT2D eigenvalue weighted by Gasteiger charge is 2.40. The van der Waals surface area contributed by atoms with Crippen molar-refractivity contribution in [3.63, 3.8) is 0 Å². The molecule has 0 spiro atoms.